The Kier molecular flexibility index (Phi) is 2.75. The van der Waals surface area contributed by atoms with Gasteiger partial charge in [0.15, 0.2) is 5.43 Å². The summed E-state index contributed by atoms with van der Waals surface area (Å²) < 4.78 is 5.55. The van der Waals surface area contributed by atoms with Crippen molar-refractivity contribution in [3.63, 3.8) is 0 Å². The van der Waals surface area contributed by atoms with E-state index in [-0.39, 0.29) is 18.4 Å². The standard InChI is InChI=1S/C12H13N3O3/c16-5-7-3-11(17)9-4-8(1-2-10(9)15-7)18-12-13-6-14-12/h1-4,12-14,16H,5-6H2,(H,15,17). The highest BCUT2D eigenvalue weighted by Gasteiger charge is 2.16. The van der Waals surface area contributed by atoms with Gasteiger partial charge >= 0.3 is 0 Å². The molecular weight excluding hydrogens is 234 g/mol. The molecule has 1 aromatic heterocycles. The van der Waals surface area contributed by atoms with Crippen LogP contribution in [0.25, 0.3) is 10.9 Å². The molecular formula is C12H13N3O3. The lowest BCUT2D eigenvalue weighted by Gasteiger charge is -2.29. The van der Waals surface area contributed by atoms with E-state index in [2.05, 4.69) is 15.6 Å². The van der Waals surface area contributed by atoms with Crippen molar-refractivity contribution in [2.75, 3.05) is 6.67 Å². The van der Waals surface area contributed by atoms with Gasteiger partial charge in [0.1, 0.15) is 5.75 Å². The molecule has 3 rings (SSSR count). The van der Waals surface area contributed by atoms with Crippen LogP contribution in [0.5, 0.6) is 5.75 Å². The fourth-order valence-electron chi connectivity index (χ4n) is 1.84. The van der Waals surface area contributed by atoms with E-state index in [1.165, 1.54) is 6.07 Å². The van der Waals surface area contributed by atoms with E-state index in [0.717, 1.165) is 6.67 Å². The van der Waals surface area contributed by atoms with Crippen molar-refractivity contribution >= 4 is 10.9 Å². The molecule has 2 heterocycles. The quantitative estimate of drug-likeness (QED) is 0.605. The molecule has 1 aliphatic heterocycles. The maximum absolute atomic E-state index is 11.9. The molecule has 0 atom stereocenters. The van der Waals surface area contributed by atoms with Gasteiger partial charge in [-0.05, 0) is 18.2 Å². The molecule has 6 heteroatoms. The molecule has 6 nitrogen and oxygen atoms in total. The van der Waals surface area contributed by atoms with Gasteiger partial charge in [0, 0.05) is 22.7 Å². The third-order valence-corrected chi connectivity index (χ3v) is 2.86. The summed E-state index contributed by atoms with van der Waals surface area (Å²) in [6.45, 7) is 0.540. The van der Waals surface area contributed by atoms with E-state index < -0.39 is 0 Å². The molecule has 1 fully saturated rings. The first kappa shape index (κ1) is 11.2. The Labute approximate surface area is 103 Å². The number of hydrogen-bond acceptors (Lipinski definition) is 5. The first-order valence-corrected chi connectivity index (χ1v) is 5.66. The Balaban J connectivity index is 2.00. The highest BCUT2D eigenvalue weighted by atomic mass is 16.5. The zero-order valence-electron chi connectivity index (χ0n) is 9.56. The number of benzene rings is 1. The van der Waals surface area contributed by atoms with E-state index in [1.54, 1.807) is 18.2 Å². The van der Waals surface area contributed by atoms with Gasteiger partial charge in [-0.25, -0.2) is 0 Å². The topological polar surface area (TPSA) is 86.4 Å². The third-order valence-electron chi connectivity index (χ3n) is 2.86. The lowest BCUT2D eigenvalue weighted by Crippen LogP contribution is -2.61. The van der Waals surface area contributed by atoms with Crippen molar-refractivity contribution in [1.82, 2.24) is 15.6 Å². The predicted octanol–water partition coefficient (Wildman–Crippen LogP) is -0.167. The minimum atomic E-state index is -0.196. The number of H-pyrrole nitrogens is 1. The second-order valence-electron chi connectivity index (χ2n) is 4.11. The lowest BCUT2D eigenvalue weighted by atomic mass is 10.2. The number of ether oxygens (including phenoxy) is 1. The summed E-state index contributed by atoms with van der Waals surface area (Å²) in [7, 11) is 0. The highest BCUT2D eigenvalue weighted by molar-refractivity contribution is 5.80. The first-order valence-electron chi connectivity index (χ1n) is 5.66. The normalized spacial score (nSPS) is 15.6. The van der Waals surface area contributed by atoms with Gasteiger partial charge in [-0.3, -0.25) is 15.4 Å². The molecule has 94 valence electrons. The Morgan fingerprint density at radius 2 is 2.17 bits per heavy atom. The van der Waals surface area contributed by atoms with E-state index in [0.29, 0.717) is 22.3 Å². The van der Waals surface area contributed by atoms with Crippen molar-refractivity contribution < 1.29 is 9.84 Å². The largest absolute Gasteiger partial charge is 0.462 e. The third kappa shape index (κ3) is 1.97. The van der Waals surface area contributed by atoms with Crippen LogP contribution in [0.3, 0.4) is 0 Å². The van der Waals surface area contributed by atoms with Crippen molar-refractivity contribution in [3.8, 4) is 5.75 Å². The fourth-order valence-corrected chi connectivity index (χ4v) is 1.84. The predicted molar refractivity (Wildman–Crippen MR) is 66.0 cm³/mol. The van der Waals surface area contributed by atoms with Crippen molar-refractivity contribution in [1.29, 1.82) is 0 Å². The van der Waals surface area contributed by atoms with Crippen molar-refractivity contribution in [3.05, 3.63) is 40.2 Å². The van der Waals surface area contributed by atoms with Crippen LogP contribution in [0, 0.1) is 0 Å². The minimum absolute atomic E-state index is 0.132. The minimum Gasteiger partial charge on any atom is -0.462 e. The number of pyridine rings is 1. The molecule has 0 radical (unpaired) electrons. The summed E-state index contributed by atoms with van der Waals surface area (Å²) >= 11 is 0. The van der Waals surface area contributed by atoms with Crippen molar-refractivity contribution in [2.24, 2.45) is 0 Å². The molecule has 1 saturated heterocycles. The average Bonchev–Trinajstić information content (AvgIpc) is 2.34. The van der Waals surface area contributed by atoms with Crippen LogP contribution in [-0.2, 0) is 6.61 Å². The summed E-state index contributed by atoms with van der Waals surface area (Å²) in [6.07, 6.45) is -0.196. The molecule has 0 unspecified atom stereocenters. The van der Waals surface area contributed by atoms with Gasteiger partial charge in [0.05, 0.1) is 13.3 Å². The average molecular weight is 247 g/mol. The number of aromatic amines is 1. The summed E-state index contributed by atoms with van der Waals surface area (Å²) in [5.41, 5.74) is 1.06. The highest BCUT2D eigenvalue weighted by Crippen LogP contribution is 2.18. The maximum atomic E-state index is 11.9. The molecule has 18 heavy (non-hydrogen) atoms. The smallest absolute Gasteiger partial charge is 0.208 e. The van der Waals surface area contributed by atoms with Crippen molar-refractivity contribution in [2.45, 2.75) is 13.0 Å². The second kappa shape index (κ2) is 4.41. The number of nitrogens with one attached hydrogen (secondary N) is 3. The molecule has 0 aliphatic carbocycles. The molecule has 0 bridgehead atoms. The number of aromatic nitrogens is 1. The summed E-state index contributed by atoms with van der Waals surface area (Å²) in [5.74, 6) is 0.620. The first-order chi connectivity index (χ1) is 8.76. The fraction of sp³-hybridized carbons (Fsp3) is 0.250. The second-order valence-corrected chi connectivity index (χ2v) is 4.11. The lowest BCUT2D eigenvalue weighted by molar-refractivity contribution is 0.0609. The van der Waals surface area contributed by atoms with Crippen LogP contribution in [0.15, 0.2) is 29.1 Å². The zero-order chi connectivity index (χ0) is 12.5. The Hall–Kier alpha value is -1.89. The van der Waals surface area contributed by atoms with Crippen LogP contribution >= 0.6 is 0 Å². The number of aliphatic hydroxyl groups is 1. The molecule has 0 amide bonds. The summed E-state index contributed by atoms with van der Waals surface area (Å²) in [5, 5.41) is 15.6. The molecule has 0 spiro atoms. The number of fused-ring (bicyclic) bond motifs is 1. The summed E-state index contributed by atoms with van der Waals surface area (Å²) in [6, 6.07) is 6.63. The zero-order valence-corrected chi connectivity index (χ0v) is 9.56. The van der Waals surface area contributed by atoms with Gasteiger partial charge in [-0.15, -0.1) is 0 Å². The van der Waals surface area contributed by atoms with Gasteiger partial charge in [-0.2, -0.15) is 0 Å². The van der Waals surface area contributed by atoms with Crippen LogP contribution in [0.2, 0.25) is 0 Å². The Morgan fingerprint density at radius 1 is 1.33 bits per heavy atom. The number of aliphatic hydroxyl groups excluding tert-OH is 1. The monoisotopic (exact) mass is 247 g/mol. The molecule has 0 saturated carbocycles. The van der Waals surface area contributed by atoms with E-state index >= 15 is 0 Å². The van der Waals surface area contributed by atoms with Gasteiger partial charge in [-0.1, -0.05) is 0 Å². The van der Waals surface area contributed by atoms with Crippen LogP contribution in [0.1, 0.15) is 5.69 Å². The summed E-state index contributed by atoms with van der Waals surface area (Å²) in [4.78, 5) is 14.9. The van der Waals surface area contributed by atoms with Gasteiger partial charge in [0.2, 0.25) is 6.35 Å². The Morgan fingerprint density at radius 3 is 2.83 bits per heavy atom. The van der Waals surface area contributed by atoms with Crippen LogP contribution in [-0.4, -0.2) is 23.1 Å². The van der Waals surface area contributed by atoms with Gasteiger partial charge in [0.25, 0.3) is 0 Å². The molecule has 1 aromatic carbocycles. The maximum Gasteiger partial charge on any atom is 0.208 e. The van der Waals surface area contributed by atoms with Crippen LogP contribution < -0.4 is 20.8 Å². The number of hydrogen-bond donors (Lipinski definition) is 4. The van der Waals surface area contributed by atoms with E-state index in [4.69, 9.17) is 9.84 Å². The Bertz CT molecular complexity index is 634. The number of rotatable bonds is 3. The SMILES string of the molecule is O=c1cc(CO)[nH]c2ccc(OC3NCN3)cc12. The molecule has 4 N–H and O–H groups in total. The van der Waals surface area contributed by atoms with Crippen LogP contribution in [0.4, 0.5) is 0 Å². The molecule has 1 aliphatic rings. The van der Waals surface area contributed by atoms with Gasteiger partial charge < -0.3 is 14.8 Å². The molecule has 2 aromatic rings. The van der Waals surface area contributed by atoms with E-state index in [1.807, 2.05) is 0 Å². The van der Waals surface area contributed by atoms with E-state index in [9.17, 15) is 4.79 Å².